The van der Waals surface area contributed by atoms with Gasteiger partial charge < -0.3 is 81.2 Å². The van der Waals surface area contributed by atoms with Gasteiger partial charge in [0, 0.05) is 39.0 Å². The zero-order chi connectivity index (χ0) is 56.8. The number of likely N-dealkylation sites (tertiary alicyclic amines) is 2. The lowest BCUT2D eigenvalue weighted by molar-refractivity contribution is -0.147. The van der Waals surface area contributed by atoms with Crippen LogP contribution in [0.3, 0.4) is 0 Å². The molecule has 26 heteroatoms. The number of aliphatic imine (C=N–C) groups is 2. The van der Waals surface area contributed by atoms with E-state index in [9.17, 15) is 48.3 Å². The summed E-state index contributed by atoms with van der Waals surface area (Å²) in [5.41, 5.74) is 33.2. The summed E-state index contributed by atoms with van der Waals surface area (Å²) in [7, 11) is 0. The number of carbonyl (C=O) groups excluding carboxylic acids is 9. The van der Waals surface area contributed by atoms with Crippen LogP contribution in [0.4, 0.5) is 0 Å². The molecule has 0 spiro atoms. The predicted molar refractivity (Wildman–Crippen MR) is 289 cm³/mol. The van der Waals surface area contributed by atoms with Crippen molar-refractivity contribution in [3.63, 3.8) is 0 Å². The Morgan fingerprint density at radius 1 is 0.615 bits per heavy atom. The van der Waals surface area contributed by atoms with Gasteiger partial charge in [-0.05, 0) is 75.3 Å². The topological polar surface area (TPSA) is 433 Å². The molecular formula is C52H78N16O10. The average molecular weight is 1090 g/mol. The maximum atomic E-state index is 14.4. The largest absolute Gasteiger partial charge is 0.394 e. The number of nitrogens with zero attached hydrogens (tertiary/aromatic N) is 4. The van der Waals surface area contributed by atoms with Crippen molar-refractivity contribution in [1.29, 1.82) is 0 Å². The van der Waals surface area contributed by atoms with Gasteiger partial charge in [0.25, 0.3) is 0 Å². The summed E-state index contributed by atoms with van der Waals surface area (Å²) in [6, 6.07) is 9.26. The first-order chi connectivity index (χ1) is 37.3. The summed E-state index contributed by atoms with van der Waals surface area (Å²) in [5, 5.41) is 26.5. The molecule has 5 rings (SSSR count). The number of rotatable bonds is 28. The molecule has 2 aliphatic heterocycles. The van der Waals surface area contributed by atoms with Gasteiger partial charge >= 0.3 is 0 Å². The molecule has 78 heavy (non-hydrogen) atoms. The fraction of sp³-hybridized carbons (Fsp3) is 0.558. The minimum atomic E-state index is -1.65. The number of aliphatic hydroxyl groups is 1. The fourth-order valence-corrected chi connectivity index (χ4v) is 10.00. The molecule has 2 heterocycles. The number of nitrogens with one attached hydrogen (secondary N) is 6. The molecule has 26 nitrogen and oxygen atoms in total. The van der Waals surface area contributed by atoms with Crippen LogP contribution < -0.4 is 66.3 Å². The second-order valence-corrected chi connectivity index (χ2v) is 20.0. The van der Waals surface area contributed by atoms with Crippen molar-refractivity contribution in [2.75, 3.05) is 39.3 Å². The molecule has 1 saturated carbocycles. The van der Waals surface area contributed by atoms with E-state index in [0.717, 1.165) is 6.42 Å². The second kappa shape index (κ2) is 30.2. The summed E-state index contributed by atoms with van der Waals surface area (Å²) < 4.78 is 0. The fourth-order valence-electron chi connectivity index (χ4n) is 10.00. The van der Waals surface area contributed by atoms with Crippen LogP contribution in [0.5, 0.6) is 0 Å². The maximum absolute atomic E-state index is 14.4. The molecule has 7 atom stereocenters. The first kappa shape index (κ1) is 61.0. The van der Waals surface area contributed by atoms with Crippen molar-refractivity contribution < 1.29 is 48.3 Å². The zero-order valence-electron chi connectivity index (χ0n) is 44.0. The normalized spacial score (nSPS) is 18.6. The molecule has 9 amide bonds. The molecular weight excluding hydrogens is 1010 g/mol. The lowest BCUT2D eigenvalue weighted by Gasteiger charge is -2.38. The lowest BCUT2D eigenvalue weighted by Crippen LogP contribution is -2.65. The number of primary amides is 1. The Balaban J connectivity index is 1.24. The van der Waals surface area contributed by atoms with E-state index in [-0.39, 0.29) is 63.0 Å². The molecule has 2 aromatic carbocycles. The van der Waals surface area contributed by atoms with Crippen LogP contribution in [0, 0.1) is 0 Å². The van der Waals surface area contributed by atoms with Gasteiger partial charge in [-0.2, -0.15) is 0 Å². The van der Waals surface area contributed by atoms with Gasteiger partial charge in [-0.1, -0.05) is 79.9 Å². The molecule has 0 unspecified atom stereocenters. The van der Waals surface area contributed by atoms with Crippen LogP contribution in [0.1, 0.15) is 94.6 Å². The van der Waals surface area contributed by atoms with Crippen molar-refractivity contribution in [3.05, 3.63) is 71.8 Å². The first-order valence-electron chi connectivity index (χ1n) is 26.6. The highest BCUT2D eigenvalue weighted by atomic mass is 16.3. The summed E-state index contributed by atoms with van der Waals surface area (Å²) in [6.45, 7) is -0.471. The van der Waals surface area contributed by atoms with Crippen LogP contribution >= 0.6 is 0 Å². The number of aliphatic hydroxyl groups excluding tert-OH is 1. The molecule has 19 N–H and O–H groups in total. The lowest BCUT2D eigenvalue weighted by atomic mass is 9.80. The van der Waals surface area contributed by atoms with Crippen LogP contribution in [-0.2, 0) is 56.0 Å². The highest BCUT2D eigenvalue weighted by Gasteiger charge is 2.45. The van der Waals surface area contributed by atoms with Crippen molar-refractivity contribution >= 4 is 65.1 Å². The zero-order valence-corrected chi connectivity index (χ0v) is 44.0. The summed E-state index contributed by atoms with van der Waals surface area (Å²) in [6.07, 6.45) is 5.13. The van der Waals surface area contributed by atoms with Crippen molar-refractivity contribution in [2.45, 2.75) is 144 Å². The standard InChI is InChI=1S/C52H78N16O10/c53-34(18-10-24-59-50(55)56)47(76)68-27-13-21-40(68)48(77)67-26-12-20-39(67)46(75)61-30-41(70)62-36(28-32-14-4-1-5-15-32)43(72)64-38(31-69)44(73)63-37(29-33-16-6-2-7-17-33)45(74)66-52(22-8-3-9-23-52)49(78)65-35(42(54)71)19-11-25-60-51(57)58/h1-2,4-7,14-17,34-40,69H,3,8-13,18-31,53H2,(H2,54,71)(H,61,75)(H,62,70)(H,63,73)(H,64,72)(H,65,78)(H,66,74)(H4,55,56,59)(H4,57,58,60)/t34-,35-,36-,37+,38-,39-,40-/m0/s1. The molecule has 0 aromatic heterocycles. The first-order valence-corrected chi connectivity index (χ1v) is 26.6. The van der Waals surface area contributed by atoms with Crippen molar-refractivity contribution in [1.82, 2.24) is 41.7 Å². The Morgan fingerprint density at radius 3 is 1.71 bits per heavy atom. The van der Waals surface area contributed by atoms with Crippen molar-refractivity contribution in [2.24, 2.45) is 44.4 Å². The number of hydrogen-bond acceptors (Lipinski definition) is 13. The third kappa shape index (κ3) is 18.1. The van der Waals surface area contributed by atoms with E-state index in [1.54, 1.807) is 60.7 Å². The molecule has 426 valence electrons. The molecule has 0 bridgehead atoms. The van der Waals surface area contributed by atoms with E-state index in [0.29, 0.717) is 82.0 Å². The Kier molecular flexibility index (Phi) is 23.6. The van der Waals surface area contributed by atoms with Gasteiger partial charge in [0.05, 0.1) is 19.2 Å². The van der Waals surface area contributed by atoms with E-state index in [1.807, 2.05) is 0 Å². The second-order valence-electron chi connectivity index (χ2n) is 20.0. The predicted octanol–water partition coefficient (Wildman–Crippen LogP) is -3.76. The number of benzene rings is 2. The Morgan fingerprint density at radius 2 is 1.14 bits per heavy atom. The molecule has 2 aromatic rings. The SMILES string of the molecule is NC(=O)[C@H](CCCN=C(N)N)NC(=O)C1(NC(=O)[C@@H](Cc2ccccc2)NC(=O)[C@H](CO)NC(=O)[C@H](Cc2ccccc2)NC(=O)CNC(=O)[C@@H]2CCCN2C(=O)[C@@H]2CCCN2C(=O)[C@@H](N)CCCN=C(N)N)CCCCC1. The summed E-state index contributed by atoms with van der Waals surface area (Å²) in [5.74, 6) is -6.41. The van der Waals surface area contributed by atoms with Gasteiger partial charge in [0.1, 0.15) is 41.8 Å². The molecule has 3 fully saturated rings. The maximum Gasteiger partial charge on any atom is 0.246 e. The van der Waals surface area contributed by atoms with Crippen LogP contribution in [0.2, 0.25) is 0 Å². The third-order valence-electron chi connectivity index (χ3n) is 14.1. The van der Waals surface area contributed by atoms with Crippen LogP contribution in [0.15, 0.2) is 70.6 Å². The van der Waals surface area contributed by atoms with Crippen molar-refractivity contribution in [3.8, 4) is 0 Å². The van der Waals surface area contributed by atoms with Gasteiger partial charge in [-0.25, -0.2) is 0 Å². The molecule has 3 aliphatic rings. The minimum Gasteiger partial charge on any atom is -0.394 e. The Hall–Kier alpha value is -7.87. The number of carbonyl (C=O) groups is 9. The van der Waals surface area contributed by atoms with Gasteiger partial charge in [-0.15, -0.1) is 0 Å². The minimum absolute atomic E-state index is 0.0703. The summed E-state index contributed by atoms with van der Waals surface area (Å²) >= 11 is 0. The highest BCUT2D eigenvalue weighted by molar-refractivity contribution is 5.99. The molecule has 2 saturated heterocycles. The average Bonchev–Trinajstić information content (AvgIpc) is 4.15. The monoisotopic (exact) mass is 1090 g/mol. The van der Waals surface area contributed by atoms with E-state index < -0.39 is 108 Å². The number of hydrogen-bond donors (Lipinski definition) is 13. The third-order valence-corrected chi connectivity index (χ3v) is 14.1. The quantitative estimate of drug-likeness (QED) is 0.0221. The Labute approximate surface area is 453 Å². The number of amides is 9. The molecule has 1 aliphatic carbocycles. The van der Waals surface area contributed by atoms with E-state index in [4.69, 9.17) is 34.4 Å². The Bertz CT molecular complexity index is 2450. The number of nitrogens with two attached hydrogens (primary N) is 6. The van der Waals surface area contributed by atoms with Gasteiger partial charge in [0.2, 0.25) is 53.2 Å². The smallest absolute Gasteiger partial charge is 0.246 e. The van der Waals surface area contributed by atoms with E-state index >= 15 is 0 Å². The summed E-state index contributed by atoms with van der Waals surface area (Å²) in [4.78, 5) is 135. The van der Waals surface area contributed by atoms with Crippen LogP contribution in [0.25, 0.3) is 0 Å². The van der Waals surface area contributed by atoms with E-state index in [1.165, 1.54) is 9.80 Å². The van der Waals surface area contributed by atoms with Gasteiger partial charge in [0.15, 0.2) is 11.9 Å². The van der Waals surface area contributed by atoms with Crippen LogP contribution in [-0.4, -0.2) is 167 Å². The molecule has 0 radical (unpaired) electrons. The van der Waals surface area contributed by atoms with E-state index in [2.05, 4.69) is 41.9 Å². The highest BCUT2D eigenvalue weighted by Crippen LogP contribution is 2.30. The van der Waals surface area contributed by atoms with Gasteiger partial charge in [-0.3, -0.25) is 53.1 Å². The number of guanidine groups is 2.